The van der Waals surface area contributed by atoms with Gasteiger partial charge in [-0.25, -0.2) is 0 Å². The number of amides is 1. The highest BCUT2D eigenvalue weighted by Crippen LogP contribution is 2.17. The SMILES string of the molecule is Cc1ccc(N(CCC(=O)O)CC(=O)N2CCC2)cc1. The molecular weight excluding hydrogens is 256 g/mol. The van der Waals surface area contributed by atoms with E-state index in [1.54, 1.807) is 0 Å². The van der Waals surface area contributed by atoms with Crippen LogP contribution in [0.2, 0.25) is 0 Å². The lowest BCUT2D eigenvalue weighted by Crippen LogP contribution is -2.47. The van der Waals surface area contributed by atoms with Gasteiger partial charge in [-0.15, -0.1) is 0 Å². The second-order valence-electron chi connectivity index (χ2n) is 5.14. The summed E-state index contributed by atoms with van der Waals surface area (Å²) in [5, 5.41) is 8.83. The summed E-state index contributed by atoms with van der Waals surface area (Å²) in [6, 6.07) is 7.80. The van der Waals surface area contributed by atoms with E-state index in [0.717, 1.165) is 30.8 Å². The fraction of sp³-hybridized carbons (Fsp3) is 0.467. The van der Waals surface area contributed by atoms with Crippen LogP contribution in [0.5, 0.6) is 0 Å². The van der Waals surface area contributed by atoms with Crippen LogP contribution in [-0.4, -0.2) is 48.1 Å². The number of aliphatic carboxylic acids is 1. The van der Waals surface area contributed by atoms with Gasteiger partial charge in [-0.2, -0.15) is 0 Å². The molecule has 2 rings (SSSR count). The molecule has 1 N–H and O–H groups in total. The molecule has 1 aliphatic heterocycles. The first kappa shape index (κ1) is 14.4. The highest BCUT2D eigenvalue weighted by Gasteiger charge is 2.22. The maximum absolute atomic E-state index is 12.1. The van der Waals surface area contributed by atoms with E-state index in [1.165, 1.54) is 0 Å². The zero-order valence-corrected chi connectivity index (χ0v) is 11.7. The van der Waals surface area contributed by atoms with Crippen molar-refractivity contribution in [3.8, 4) is 0 Å². The number of hydrogen-bond acceptors (Lipinski definition) is 3. The van der Waals surface area contributed by atoms with Gasteiger partial charge in [-0.05, 0) is 25.5 Å². The Hall–Kier alpha value is -2.04. The fourth-order valence-electron chi connectivity index (χ4n) is 2.11. The first-order chi connectivity index (χ1) is 9.56. The second kappa shape index (κ2) is 6.41. The van der Waals surface area contributed by atoms with Gasteiger partial charge in [0.15, 0.2) is 0 Å². The quantitative estimate of drug-likeness (QED) is 0.855. The number of carbonyl (C=O) groups is 2. The van der Waals surface area contributed by atoms with Crippen LogP contribution < -0.4 is 4.90 Å². The van der Waals surface area contributed by atoms with E-state index in [9.17, 15) is 9.59 Å². The van der Waals surface area contributed by atoms with Crippen molar-refractivity contribution in [2.24, 2.45) is 0 Å². The van der Waals surface area contributed by atoms with Crippen LogP contribution in [0.1, 0.15) is 18.4 Å². The Kier molecular flexibility index (Phi) is 4.61. The summed E-state index contributed by atoms with van der Waals surface area (Å²) in [6.45, 7) is 4.23. The molecule has 1 aliphatic rings. The molecule has 0 atom stereocenters. The Bertz CT molecular complexity index is 480. The average Bonchev–Trinajstić information content (AvgIpc) is 2.33. The molecule has 1 saturated heterocycles. The molecule has 5 heteroatoms. The van der Waals surface area contributed by atoms with Crippen molar-refractivity contribution >= 4 is 17.6 Å². The molecule has 1 heterocycles. The minimum atomic E-state index is -0.849. The molecule has 1 fully saturated rings. The maximum atomic E-state index is 12.1. The zero-order valence-electron chi connectivity index (χ0n) is 11.7. The third-order valence-corrected chi connectivity index (χ3v) is 3.53. The average molecular weight is 276 g/mol. The molecule has 0 saturated carbocycles. The van der Waals surface area contributed by atoms with Gasteiger partial charge in [0, 0.05) is 25.3 Å². The Morgan fingerprint density at radius 1 is 1.25 bits per heavy atom. The highest BCUT2D eigenvalue weighted by atomic mass is 16.4. The smallest absolute Gasteiger partial charge is 0.305 e. The lowest BCUT2D eigenvalue weighted by molar-refractivity contribution is -0.137. The normalized spacial score (nSPS) is 13.8. The molecule has 0 aliphatic carbocycles. The first-order valence-corrected chi connectivity index (χ1v) is 6.87. The van der Waals surface area contributed by atoms with Crippen LogP contribution in [0, 0.1) is 6.92 Å². The zero-order chi connectivity index (χ0) is 14.5. The molecule has 5 nitrogen and oxygen atoms in total. The molecule has 0 aromatic heterocycles. The van der Waals surface area contributed by atoms with E-state index >= 15 is 0 Å². The van der Waals surface area contributed by atoms with Gasteiger partial charge in [0.25, 0.3) is 0 Å². The molecule has 1 amide bonds. The largest absolute Gasteiger partial charge is 0.481 e. The molecule has 108 valence electrons. The summed E-state index contributed by atoms with van der Waals surface area (Å²) in [4.78, 5) is 26.5. The highest BCUT2D eigenvalue weighted by molar-refractivity contribution is 5.82. The van der Waals surface area contributed by atoms with Crippen LogP contribution >= 0.6 is 0 Å². The summed E-state index contributed by atoms with van der Waals surface area (Å²) >= 11 is 0. The van der Waals surface area contributed by atoms with E-state index < -0.39 is 5.97 Å². The third kappa shape index (κ3) is 3.73. The van der Waals surface area contributed by atoms with Gasteiger partial charge in [0.2, 0.25) is 5.91 Å². The van der Waals surface area contributed by atoms with Crippen molar-refractivity contribution in [2.75, 3.05) is 31.1 Å². The van der Waals surface area contributed by atoms with Gasteiger partial charge in [-0.3, -0.25) is 9.59 Å². The van der Waals surface area contributed by atoms with Gasteiger partial charge in [0.05, 0.1) is 13.0 Å². The van der Waals surface area contributed by atoms with Crippen LogP contribution in [0.15, 0.2) is 24.3 Å². The number of likely N-dealkylation sites (tertiary alicyclic amines) is 1. The monoisotopic (exact) mass is 276 g/mol. The fourth-order valence-corrected chi connectivity index (χ4v) is 2.11. The standard InChI is InChI=1S/C15H20N2O3/c1-12-3-5-13(6-4-12)17(10-7-15(19)20)11-14(18)16-8-2-9-16/h3-6H,2,7-11H2,1H3,(H,19,20). The lowest BCUT2D eigenvalue weighted by Gasteiger charge is -2.34. The summed E-state index contributed by atoms with van der Waals surface area (Å²) in [7, 11) is 0. The number of nitrogens with zero attached hydrogens (tertiary/aromatic N) is 2. The summed E-state index contributed by atoms with van der Waals surface area (Å²) < 4.78 is 0. The molecule has 1 aromatic carbocycles. The molecular formula is C15H20N2O3. The first-order valence-electron chi connectivity index (χ1n) is 6.87. The van der Waals surface area contributed by atoms with Crippen LogP contribution in [-0.2, 0) is 9.59 Å². The number of hydrogen-bond donors (Lipinski definition) is 1. The van der Waals surface area contributed by atoms with Gasteiger partial charge in [0.1, 0.15) is 0 Å². The van der Waals surface area contributed by atoms with Crippen LogP contribution in [0.25, 0.3) is 0 Å². The summed E-state index contributed by atoms with van der Waals surface area (Å²) in [5.41, 5.74) is 2.03. The number of carbonyl (C=O) groups excluding carboxylic acids is 1. The minimum absolute atomic E-state index is 0.0289. The number of rotatable bonds is 6. The van der Waals surface area contributed by atoms with Crippen LogP contribution in [0.4, 0.5) is 5.69 Å². The molecule has 1 aromatic rings. The van der Waals surface area contributed by atoms with Crippen molar-refractivity contribution in [2.45, 2.75) is 19.8 Å². The number of anilines is 1. The summed E-state index contributed by atoms with van der Waals surface area (Å²) in [6.07, 6.45) is 1.09. The number of benzene rings is 1. The minimum Gasteiger partial charge on any atom is -0.481 e. The van der Waals surface area contributed by atoms with Crippen LogP contribution in [0.3, 0.4) is 0 Å². The van der Waals surface area contributed by atoms with E-state index in [2.05, 4.69) is 0 Å². The second-order valence-corrected chi connectivity index (χ2v) is 5.14. The molecule has 0 radical (unpaired) electrons. The Morgan fingerprint density at radius 2 is 1.90 bits per heavy atom. The molecule has 0 unspecified atom stereocenters. The van der Waals surface area contributed by atoms with Crippen molar-refractivity contribution in [3.63, 3.8) is 0 Å². The van der Waals surface area contributed by atoms with Crippen molar-refractivity contribution in [1.29, 1.82) is 0 Å². The third-order valence-electron chi connectivity index (χ3n) is 3.53. The Morgan fingerprint density at radius 3 is 2.40 bits per heavy atom. The van der Waals surface area contributed by atoms with Crippen molar-refractivity contribution in [1.82, 2.24) is 4.90 Å². The van der Waals surface area contributed by atoms with E-state index in [0.29, 0.717) is 6.54 Å². The van der Waals surface area contributed by atoms with E-state index in [4.69, 9.17) is 5.11 Å². The van der Waals surface area contributed by atoms with Crippen molar-refractivity contribution in [3.05, 3.63) is 29.8 Å². The Balaban J connectivity index is 2.04. The number of carboxylic acids is 1. The number of aryl methyl sites for hydroxylation is 1. The van der Waals surface area contributed by atoms with E-state index in [1.807, 2.05) is 41.0 Å². The lowest BCUT2D eigenvalue weighted by atomic mass is 10.2. The van der Waals surface area contributed by atoms with Gasteiger partial charge >= 0.3 is 5.97 Å². The predicted octanol–water partition coefficient (Wildman–Crippen LogP) is 1.51. The topological polar surface area (TPSA) is 60.9 Å². The Labute approximate surface area is 118 Å². The predicted molar refractivity (Wildman–Crippen MR) is 76.8 cm³/mol. The van der Waals surface area contributed by atoms with Gasteiger partial charge in [-0.1, -0.05) is 17.7 Å². The number of carboxylic acid groups (broad SMARTS) is 1. The molecule has 0 spiro atoms. The van der Waals surface area contributed by atoms with Crippen molar-refractivity contribution < 1.29 is 14.7 Å². The van der Waals surface area contributed by atoms with E-state index in [-0.39, 0.29) is 18.9 Å². The summed E-state index contributed by atoms with van der Waals surface area (Å²) in [5.74, 6) is -0.777. The molecule has 0 bridgehead atoms. The maximum Gasteiger partial charge on any atom is 0.305 e. The molecule has 20 heavy (non-hydrogen) atoms. The van der Waals surface area contributed by atoms with Gasteiger partial charge < -0.3 is 14.9 Å².